The number of hydrogen-bond donors (Lipinski definition) is 0. The van der Waals surface area contributed by atoms with Crippen LogP contribution in [0.1, 0.15) is 24.3 Å². The molecule has 0 bridgehead atoms. The number of esters is 1. The highest BCUT2D eigenvalue weighted by molar-refractivity contribution is 5.95. The molecule has 110 valence electrons. The molecule has 0 spiro atoms. The number of nitrogens with zero attached hydrogens (tertiary/aromatic N) is 3. The molecule has 21 heavy (non-hydrogen) atoms. The second-order valence-electron chi connectivity index (χ2n) is 4.85. The second kappa shape index (κ2) is 6.30. The molecule has 0 radical (unpaired) electrons. The molecule has 6 heteroatoms. The van der Waals surface area contributed by atoms with Crippen molar-refractivity contribution in [2.24, 2.45) is 0 Å². The Bertz CT molecular complexity index is 670. The zero-order valence-corrected chi connectivity index (χ0v) is 12.2. The van der Waals surface area contributed by atoms with Gasteiger partial charge in [0.1, 0.15) is 12.2 Å². The van der Waals surface area contributed by atoms with E-state index in [-0.39, 0.29) is 24.2 Å². The largest absolute Gasteiger partial charge is 0.468 e. The Kier molecular flexibility index (Phi) is 4.47. The average Bonchev–Trinajstić information content (AvgIpc) is 2.50. The van der Waals surface area contributed by atoms with E-state index in [0.717, 1.165) is 5.52 Å². The first-order chi connectivity index (χ1) is 10.0. The molecule has 1 aromatic heterocycles. The van der Waals surface area contributed by atoms with Crippen LogP contribution in [0.3, 0.4) is 0 Å². The minimum Gasteiger partial charge on any atom is -0.468 e. The van der Waals surface area contributed by atoms with Crippen LogP contribution >= 0.6 is 0 Å². The van der Waals surface area contributed by atoms with Crippen LogP contribution in [0.25, 0.3) is 11.0 Å². The number of para-hydroxylation sites is 2. The lowest BCUT2D eigenvalue weighted by molar-refractivity contribution is -0.141. The SMILES string of the molecule is COC(=O)CN(C(=O)c1cnc2ccccc2n1)C(C)C. The number of rotatable bonds is 4. The summed E-state index contributed by atoms with van der Waals surface area (Å²) in [5.74, 6) is -0.806. The van der Waals surface area contributed by atoms with E-state index in [1.165, 1.54) is 18.2 Å². The molecule has 0 fully saturated rings. The van der Waals surface area contributed by atoms with Crippen molar-refractivity contribution in [3.05, 3.63) is 36.2 Å². The molecule has 2 aromatic rings. The van der Waals surface area contributed by atoms with Crippen LogP contribution < -0.4 is 0 Å². The van der Waals surface area contributed by atoms with Crippen LogP contribution in [0.4, 0.5) is 0 Å². The molecule has 0 aliphatic heterocycles. The van der Waals surface area contributed by atoms with Gasteiger partial charge in [0.15, 0.2) is 0 Å². The fourth-order valence-electron chi connectivity index (χ4n) is 1.90. The Morgan fingerprint density at radius 3 is 2.52 bits per heavy atom. The summed E-state index contributed by atoms with van der Waals surface area (Å²) in [6.45, 7) is 3.55. The Balaban J connectivity index is 2.31. The van der Waals surface area contributed by atoms with Gasteiger partial charge in [0.05, 0.1) is 24.3 Å². The van der Waals surface area contributed by atoms with E-state index in [0.29, 0.717) is 5.52 Å². The van der Waals surface area contributed by atoms with Gasteiger partial charge in [0.25, 0.3) is 5.91 Å². The number of carbonyl (C=O) groups excluding carboxylic acids is 2. The lowest BCUT2D eigenvalue weighted by Crippen LogP contribution is -2.41. The molecule has 1 heterocycles. The van der Waals surface area contributed by atoms with Gasteiger partial charge in [-0.05, 0) is 26.0 Å². The van der Waals surface area contributed by atoms with Crippen molar-refractivity contribution in [2.45, 2.75) is 19.9 Å². The maximum atomic E-state index is 12.5. The molecule has 0 saturated carbocycles. The lowest BCUT2D eigenvalue weighted by Gasteiger charge is -2.25. The third-order valence-electron chi connectivity index (χ3n) is 3.08. The molecule has 0 atom stereocenters. The van der Waals surface area contributed by atoms with E-state index in [1.807, 2.05) is 32.0 Å². The second-order valence-corrected chi connectivity index (χ2v) is 4.85. The quantitative estimate of drug-likeness (QED) is 0.800. The molecule has 0 aliphatic carbocycles. The van der Waals surface area contributed by atoms with Gasteiger partial charge in [-0.1, -0.05) is 12.1 Å². The minimum atomic E-state index is -0.467. The van der Waals surface area contributed by atoms with Crippen molar-refractivity contribution in [3.8, 4) is 0 Å². The van der Waals surface area contributed by atoms with Crippen molar-refractivity contribution in [1.82, 2.24) is 14.9 Å². The fraction of sp³-hybridized carbons (Fsp3) is 0.333. The van der Waals surface area contributed by atoms with Crippen LogP contribution in [0, 0.1) is 0 Å². The van der Waals surface area contributed by atoms with E-state index in [1.54, 1.807) is 6.07 Å². The van der Waals surface area contributed by atoms with Gasteiger partial charge in [-0.2, -0.15) is 0 Å². The number of aromatic nitrogens is 2. The molecule has 1 amide bonds. The molecule has 2 rings (SSSR count). The first kappa shape index (κ1) is 14.9. The Morgan fingerprint density at radius 1 is 1.24 bits per heavy atom. The fourth-order valence-corrected chi connectivity index (χ4v) is 1.90. The average molecular weight is 287 g/mol. The van der Waals surface area contributed by atoms with Crippen LogP contribution in [-0.2, 0) is 9.53 Å². The molecule has 0 unspecified atom stereocenters. The summed E-state index contributed by atoms with van der Waals surface area (Å²) in [5.41, 5.74) is 1.58. The van der Waals surface area contributed by atoms with Gasteiger partial charge in [-0.25, -0.2) is 4.98 Å². The van der Waals surface area contributed by atoms with Crippen LogP contribution in [0.5, 0.6) is 0 Å². The number of fused-ring (bicyclic) bond motifs is 1. The van der Waals surface area contributed by atoms with Crippen molar-refractivity contribution in [3.63, 3.8) is 0 Å². The maximum absolute atomic E-state index is 12.5. The van der Waals surface area contributed by atoms with Gasteiger partial charge in [-0.3, -0.25) is 14.6 Å². The molecular formula is C15H17N3O3. The van der Waals surface area contributed by atoms with Gasteiger partial charge in [-0.15, -0.1) is 0 Å². The molecule has 1 aromatic carbocycles. The summed E-state index contributed by atoms with van der Waals surface area (Å²) in [5, 5.41) is 0. The van der Waals surface area contributed by atoms with E-state index < -0.39 is 5.97 Å². The third-order valence-corrected chi connectivity index (χ3v) is 3.08. The normalized spacial score (nSPS) is 10.7. The molecular weight excluding hydrogens is 270 g/mol. The van der Waals surface area contributed by atoms with Gasteiger partial charge in [0, 0.05) is 6.04 Å². The highest BCUT2D eigenvalue weighted by Crippen LogP contribution is 2.11. The summed E-state index contributed by atoms with van der Waals surface area (Å²) in [4.78, 5) is 33.8. The van der Waals surface area contributed by atoms with Crippen molar-refractivity contribution >= 4 is 22.9 Å². The third kappa shape index (κ3) is 3.34. The maximum Gasteiger partial charge on any atom is 0.325 e. The predicted molar refractivity (Wildman–Crippen MR) is 77.7 cm³/mol. The zero-order chi connectivity index (χ0) is 15.4. The summed E-state index contributed by atoms with van der Waals surface area (Å²) < 4.78 is 4.62. The van der Waals surface area contributed by atoms with Gasteiger partial charge in [0.2, 0.25) is 0 Å². The predicted octanol–water partition coefficient (Wildman–Crippen LogP) is 1.65. The van der Waals surface area contributed by atoms with E-state index in [9.17, 15) is 9.59 Å². The summed E-state index contributed by atoms with van der Waals surface area (Å²) in [6, 6.07) is 7.16. The number of hydrogen-bond acceptors (Lipinski definition) is 5. The highest BCUT2D eigenvalue weighted by atomic mass is 16.5. The topological polar surface area (TPSA) is 72.4 Å². The van der Waals surface area contributed by atoms with Crippen LogP contribution in [0.15, 0.2) is 30.5 Å². The Hall–Kier alpha value is -2.50. The summed E-state index contributed by atoms with van der Waals surface area (Å²) in [6.07, 6.45) is 1.43. The molecule has 6 nitrogen and oxygen atoms in total. The Labute approximate surface area is 122 Å². The molecule has 0 saturated heterocycles. The van der Waals surface area contributed by atoms with Crippen molar-refractivity contribution in [2.75, 3.05) is 13.7 Å². The minimum absolute atomic E-state index is 0.110. The first-order valence-corrected chi connectivity index (χ1v) is 6.62. The number of benzene rings is 1. The van der Waals surface area contributed by atoms with E-state index in [4.69, 9.17) is 0 Å². The van der Waals surface area contributed by atoms with E-state index in [2.05, 4.69) is 14.7 Å². The monoisotopic (exact) mass is 287 g/mol. The van der Waals surface area contributed by atoms with Crippen LogP contribution in [0.2, 0.25) is 0 Å². The first-order valence-electron chi connectivity index (χ1n) is 6.62. The number of amides is 1. The van der Waals surface area contributed by atoms with Gasteiger partial charge >= 0.3 is 5.97 Å². The number of carbonyl (C=O) groups is 2. The summed E-state index contributed by atoms with van der Waals surface area (Å²) in [7, 11) is 1.29. The number of ether oxygens (including phenoxy) is 1. The van der Waals surface area contributed by atoms with Crippen molar-refractivity contribution in [1.29, 1.82) is 0 Å². The molecule has 0 N–H and O–H groups in total. The van der Waals surface area contributed by atoms with Gasteiger partial charge < -0.3 is 9.64 Å². The number of methoxy groups -OCH3 is 1. The smallest absolute Gasteiger partial charge is 0.325 e. The standard InChI is InChI=1S/C15H17N3O3/c1-10(2)18(9-14(19)21-3)15(20)13-8-16-11-6-4-5-7-12(11)17-13/h4-8,10H,9H2,1-3H3. The molecule has 0 aliphatic rings. The van der Waals surface area contributed by atoms with E-state index >= 15 is 0 Å². The zero-order valence-electron chi connectivity index (χ0n) is 12.2. The Morgan fingerprint density at radius 2 is 1.90 bits per heavy atom. The lowest BCUT2D eigenvalue weighted by atomic mass is 10.2. The highest BCUT2D eigenvalue weighted by Gasteiger charge is 2.23. The van der Waals surface area contributed by atoms with Crippen LogP contribution in [-0.4, -0.2) is 46.4 Å². The van der Waals surface area contributed by atoms with Crippen molar-refractivity contribution < 1.29 is 14.3 Å². The summed E-state index contributed by atoms with van der Waals surface area (Å²) >= 11 is 0.